The lowest BCUT2D eigenvalue weighted by molar-refractivity contribution is 0.111. The highest BCUT2D eigenvalue weighted by Crippen LogP contribution is 2.35. The molecule has 0 atom stereocenters. The largest absolute Gasteiger partial charge is 0.370 e. The molecule has 0 bridgehead atoms. The lowest BCUT2D eigenvalue weighted by atomic mass is 9.94. The van der Waals surface area contributed by atoms with E-state index in [1.54, 1.807) is 12.3 Å². The Kier molecular flexibility index (Phi) is 5.37. The van der Waals surface area contributed by atoms with Gasteiger partial charge in [0, 0.05) is 29.9 Å². The molecule has 4 rings (SSSR count). The van der Waals surface area contributed by atoms with Crippen molar-refractivity contribution in [3.05, 3.63) is 30.1 Å². The summed E-state index contributed by atoms with van der Waals surface area (Å²) >= 11 is 0. The third kappa shape index (κ3) is 3.76. The molecule has 3 aromatic heterocycles. The molecule has 3 heterocycles. The van der Waals surface area contributed by atoms with Gasteiger partial charge in [-0.05, 0) is 38.7 Å². The van der Waals surface area contributed by atoms with Crippen molar-refractivity contribution in [1.29, 1.82) is 0 Å². The van der Waals surface area contributed by atoms with Crippen molar-refractivity contribution in [2.75, 3.05) is 17.2 Å². The lowest BCUT2D eigenvalue weighted by Crippen LogP contribution is -2.27. The number of aromatic nitrogens is 4. The van der Waals surface area contributed by atoms with Crippen LogP contribution in [0.15, 0.2) is 18.6 Å². The van der Waals surface area contributed by atoms with E-state index in [0.717, 1.165) is 0 Å². The fourth-order valence-electron chi connectivity index (χ4n) is 3.82. The van der Waals surface area contributed by atoms with Gasteiger partial charge < -0.3 is 15.6 Å². The Morgan fingerprint density at radius 1 is 1.24 bits per heavy atom. The molecule has 29 heavy (non-hydrogen) atoms. The number of nitrogens with zero attached hydrogens (tertiary/aromatic N) is 3. The van der Waals surface area contributed by atoms with Gasteiger partial charge in [-0.15, -0.1) is 0 Å². The molecule has 0 aliphatic heterocycles. The second-order valence-electron chi connectivity index (χ2n) is 7.15. The van der Waals surface area contributed by atoms with Crippen LogP contribution in [0.5, 0.6) is 0 Å². The molecule has 152 valence electrons. The Morgan fingerprint density at radius 2 is 2.03 bits per heavy atom. The number of carbonyl (C=O) groups is 1. The van der Waals surface area contributed by atoms with E-state index < -0.39 is 12.1 Å². The third-order valence-electron chi connectivity index (χ3n) is 5.24. The minimum Gasteiger partial charge on any atom is -0.370 e. The second-order valence-corrected chi connectivity index (χ2v) is 7.15. The van der Waals surface area contributed by atoms with Crippen molar-refractivity contribution in [2.24, 2.45) is 0 Å². The zero-order valence-corrected chi connectivity index (χ0v) is 16.0. The number of hydrogen-bond donors (Lipinski definition) is 3. The van der Waals surface area contributed by atoms with E-state index in [-0.39, 0.29) is 11.6 Å². The maximum Gasteiger partial charge on any atom is 0.226 e. The molecule has 1 fully saturated rings. The average molecular weight is 400 g/mol. The maximum atomic E-state index is 14.7. The first-order valence-electron chi connectivity index (χ1n) is 9.73. The number of halogens is 2. The minimum atomic E-state index is -0.852. The maximum absolute atomic E-state index is 14.7. The van der Waals surface area contributed by atoms with Crippen LogP contribution in [0.3, 0.4) is 0 Å². The molecule has 0 saturated heterocycles. The zero-order chi connectivity index (χ0) is 20.4. The summed E-state index contributed by atoms with van der Waals surface area (Å²) in [5.74, 6) is 0.0654. The summed E-state index contributed by atoms with van der Waals surface area (Å²) in [5, 5.41) is 7.03. The number of anilines is 2. The molecule has 0 radical (unpaired) electrons. The summed E-state index contributed by atoms with van der Waals surface area (Å²) in [4.78, 5) is 27.1. The van der Waals surface area contributed by atoms with Crippen LogP contribution in [0.2, 0.25) is 0 Å². The Bertz CT molecular complexity index is 1030. The molecular formula is C20H22F2N6O. The van der Waals surface area contributed by atoms with Crippen LogP contribution in [-0.2, 0) is 0 Å². The molecule has 9 heteroatoms. The summed E-state index contributed by atoms with van der Waals surface area (Å²) in [5.41, 5.74) is 1.45. The van der Waals surface area contributed by atoms with Gasteiger partial charge in [-0.1, -0.05) is 0 Å². The van der Waals surface area contributed by atoms with E-state index in [2.05, 4.69) is 30.6 Å². The Hall–Kier alpha value is -3.10. The first-order chi connectivity index (χ1) is 14.1. The summed E-state index contributed by atoms with van der Waals surface area (Å²) in [7, 11) is 0. The van der Waals surface area contributed by atoms with Crippen LogP contribution in [0.25, 0.3) is 22.2 Å². The normalized spacial score (nSPS) is 19.3. The summed E-state index contributed by atoms with van der Waals surface area (Å²) in [6, 6.07) is 1.67. The van der Waals surface area contributed by atoms with Gasteiger partial charge in [-0.25, -0.2) is 19.3 Å². The number of fused-ring (bicyclic) bond motifs is 1. The molecule has 0 aromatic carbocycles. The SMILES string of the molecule is CCNc1ncnc2[nH]cc(-c3cc(NC4CCC(F)CC4)nc(F)c3C=O)c12. The Morgan fingerprint density at radius 3 is 2.76 bits per heavy atom. The van der Waals surface area contributed by atoms with Crippen molar-refractivity contribution in [3.63, 3.8) is 0 Å². The van der Waals surface area contributed by atoms with Gasteiger partial charge in [0.2, 0.25) is 5.95 Å². The smallest absolute Gasteiger partial charge is 0.226 e. The molecule has 0 amide bonds. The van der Waals surface area contributed by atoms with Crippen LogP contribution in [0, 0.1) is 5.95 Å². The predicted molar refractivity (Wildman–Crippen MR) is 107 cm³/mol. The van der Waals surface area contributed by atoms with Crippen molar-refractivity contribution in [1.82, 2.24) is 19.9 Å². The number of pyridine rings is 1. The molecule has 1 saturated carbocycles. The number of aromatic amines is 1. The zero-order valence-electron chi connectivity index (χ0n) is 16.0. The number of carbonyl (C=O) groups excluding carboxylic acids is 1. The van der Waals surface area contributed by atoms with E-state index in [1.165, 1.54) is 6.33 Å². The van der Waals surface area contributed by atoms with Gasteiger partial charge in [-0.2, -0.15) is 4.39 Å². The van der Waals surface area contributed by atoms with E-state index in [0.29, 0.717) is 72.3 Å². The topological polar surface area (TPSA) is 95.6 Å². The highest BCUT2D eigenvalue weighted by molar-refractivity contribution is 6.04. The summed E-state index contributed by atoms with van der Waals surface area (Å²) in [6.07, 6.45) is 5.06. The highest BCUT2D eigenvalue weighted by atomic mass is 19.1. The van der Waals surface area contributed by atoms with Crippen LogP contribution in [-0.4, -0.2) is 45.0 Å². The molecule has 3 N–H and O–H groups in total. The second kappa shape index (κ2) is 8.10. The Balaban J connectivity index is 1.78. The fourth-order valence-corrected chi connectivity index (χ4v) is 3.82. The number of rotatable bonds is 6. The molecule has 1 aliphatic rings. The average Bonchev–Trinajstić information content (AvgIpc) is 3.15. The van der Waals surface area contributed by atoms with Crippen molar-refractivity contribution in [3.8, 4) is 11.1 Å². The van der Waals surface area contributed by atoms with E-state index in [4.69, 9.17) is 0 Å². The first-order valence-corrected chi connectivity index (χ1v) is 9.73. The number of hydrogen-bond acceptors (Lipinski definition) is 6. The molecule has 3 aromatic rings. The van der Waals surface area contributed by atoms with Gasteiger partial charge in [-0.3, -0.25) is 4.79 Å². The molecular weight excluding hydrogens is 378 g/mol. The number of aldehydes is 1. The van der Waals surface area contributed by atoms with Gasteiger partial charge in [0.1, 0.15) is 29.8 Å². The van der Waals surface area contributed by atoms with Crippen LogP contribution in [0.1, 0.15) is 43.0 Å². The minimum absolute atomic E-state index is 0.0208. The van der Waals surface area contributed by atoms with E-state index in [1.807, 2.05) is 6.92 Å². The summed E-state index contributed by atoms with van der Waals surface area (Å²) < 4.78 is 28.1. The van der Waals surface area contributed by atoms with Crippen LogP contribution < -0.4 is 10.6 Å². The standard InChI is InChI=1S/C20H22F2N6O/c1-2-23-19-17-14(8-24-20(17)26-10-25-19)13-7-16(28-18(22)15(13)9-29)27-12-5-3-11(21)4-6-12/h7-12H,2-6H2,1H3,(H,27,28)(H2,23,24,25,26). The van der Waals surface area contributed by atoms with Crippen molar-refractivity contribution >= 4 is 29.0 Å². The molecule has 1 aliphatic carbocycles. The van der Waals surface area contributed by atoms with Gasteiger partial charge in [0.15, 0.2) is 6.29 Å². The van der Waals surface area contributed by atoms with Crippen molar-refractivity contribution in [2.45, 2.75) is 44.8 Å². The fraction of sp³-hybridized carbons (Fsp3) is 0.400. The third-order valence-corrected chi connectivity index (χ3v) is 5.24. The van der Waals surface area contributed by atoms with E-state index in [9.17, 15) is 13.6 Å². The van der Waals surface area contributed by atoms with E-state index >= 15 is 0 Å². The molecule has 7 nitrogen and oxygen atoms in total. The van der Waals surface area contributed by atoms with Gasteiger partial charge >= 0.3 is 0 Å². The van der Waals surface area contributed by atoms with Crippen LogP contribution >= 0.6 is 0 Å². The van der Waals surface area contributed by atoms with Crippen molar-refractivity contribution < 1.29 is 13.6 Å². The predicted octanol–water partition coefficient (Wildman–Crippen LogP) is 4.10. The number of alkyl halides is 1. The van der Waals surface area contributed by atoms with Gasteiger partial charge in [0.25, 0.3) is 0 Å². The monoisotopic (exact) mass is 400 g/mol. The summed E-state index contributed by atoms with van der Waals surface area (Å²) in [6.45, 7) is 2.59. The highest BCUT2D eigenvalue weighted by Gasteiger charge is 2.23. The van der Waals surface area contributed by atoms with Gasteiger partial charge in [0.05, 0.1) is 10.9 Å². The number of H-pyrrole nitrogens is 1. The Labute approximate surface area is 166 Å². The van der Waals surface area contributed by atoms with Crippen LogP contribution in [0.4, 0.5) is 20.4 Å². The lowest BCUT2D eigenvalue weighted by Gasteiger charge is -2.25. The first kappa shape index (κ1) is 19.2. The molecule has 0 spiro atoms. The number of nitrogens with one attached hydrogen (secondary N) is 3. The quantitative estimate of drug-likeness (QED) is 0.426. The molecule has 0 unspecified atom stereocenters.